The maximum absolute atomic E-state index is 6.00. The number of hydrogen-bond acceptors (Lipinski definition) is 3. The molecule has 3 saturated heterocycles. The van der Waals surface area contributed by atoms with Gasteiger partial charge in [0.1, 0.15) is 0 Å². The molecule has 0 aromatic heterocycles. The first kappa shape index (κ1) is 13.7. The second-order valence-corrected chi connectivity index (χ2v) is 8.83. The lowest BCUT2D eigenvalue weighted by molar-refractivity contribution is -0.208. The minimum Gasteiger partial charge on any atom is -0.311 e. The quantitative estimate of drug-likeness (QED) is 0.613. The minimum absolute atomic E-state index is 0.0619. The fraction of sp³-hybridized carbons (Fsp3) is 1.00. The largest absolute Gasteiger partial charge is 0.333 e. The van der Waals surface area contributed by atoms with Gasteiger partial charge in [-0.2, -0.15) is 0 Å². The lowest BCUT2D eigenvalue weighted by Crippen LogP contribution is -2.62. The Balaban J connectivity index is 2.35. The van der Waals surface area contributed by atoms with Crippen LogP contribution < -0.4 is 0 Å². The molecule has 0 N–H and O–H groups in total. The van der Waals surface area contributed by atoms with Crippen molar-refractivity contribution in [3.8, 4) is 0 Å². The number of hydrogen-bond donors (Lipinski definition) is 0. The van der Waals surface area contributed by atoms with E-state index >= 15 is 0 Å². The zero-order chi connectivity index (χ0) is 13.1. The summed E-state index contributed by atoms with van der Waals surface area (Å²) in [5.41, 5.74) is 0.173. The molecule has 0 radical (unpaired) electrons. The van der Waals surface area contributed by atoms with Gasteiger partial charge in [-0.05, 0) is 10.8 Å². The third-order valence-corrected chi connectivity index (χ3v) is 4.74. The maximum Gasteiger partial charge on any atom is 0.333 e. The molecule has 0 aromatic carbocycles. The Bertz CT molecular complexity index is 279. The Kier molecular flexibility index (Phi) is 3.15. The zero-order valence-electron chi connectivity index (χ0n) is 12.0. The van der Waals surface area contributed by atoms with E-state index in [-0.39, 0.29) is 28.5 Å². The summed E-state index contributed by atoms with van der Waals surface area (Å²) in [7, 11) is -1.14. The molecule has 3 rings (SSSR count). The van der Waals surface area contributed by atoms with Crippen molar-refractivity contribution in [2.45, 2.75) is 60.7 Å². The first-order valence-electron chi connectivity index (χ1n) is 6.32. The van der Waals surface area contributed by atoms with Crippen LogP contribution in [0.1, 0.15) is 48.5 Å². The SMILES string of the molecule is CC(C)(C)C1OP2OCC1(C)C(C(C)(C)C)O2. The summed E-state index contributed by atoms with van der Waals surface area (Å²) >= 11 is 0. The predicted octanol–water partition coefficient (Wildman–Crippen LogP) is 4.13. The summed E-state index contributed by atoms with van der Waals surface area (Å²) in [5.74, 6) is 0. The van der Waals surface area contributed by atoms with Gasteiger partial charge in [0, 0.05) is 5.41 Å². The van der Waals surface area contributed by atoms with Crippen molar-refractivity contribution >= 4 is 8.60 Å². The monoisotopic (exact) mass is 260 g/mol. The van der Waals surface area contributed by atoms with Gasteiger partial charge < -0.3 is 13.6 Å². The Labute approximate surface area is 106 Å². The van der Waals surface area contributed by atoms with Gasteiger partial charge in [-0.1, -0.05) is 48.5 Å². The molecule has 3 aliphatic rings. The molecule has 3 aliphatic heterocycles. The Morgan fingerprint density at radius 3 is 1.71 bits per heavy atom. The molecule has 17 heavy (non-hydrogen) atoms. The summed E-state index contributed by atoms with van der Waals surface area (Å²) < 4.78 is 17.6. The van der Waals surface area contributed by atoms with E-state index in [2.05, 4.69) is 48.5 Å². The lowest BCUT2D eigenvalue weighted by Gasteiger charge is -2.59. The molecule has 0 amide bonds. The van der Waals surface area contributed by atoms with Crippen LogP contribution in [0, 0.1) is 16.2 Å². The van der Waals surface area contributed by atoms with Crippen molar-refractivity contribution in [1.29, 1.82) is 0 Å². The first-order chi connectivity index (χ1) is 7.55. The summed E-state index contributed by atoms with van der Waals surface area (Å²) in [5, 5.41) is 0. The molecular formula is C13H25O3P. The molecule has 4 heteroatoms. The van der Waals surface area contributed by atoms with E-state index < -0.39 is 8.60 Å². The molecule has 2 unspecified atom stereocenters. The third-order valence-electron chi connectivity index (χ3n) is 3.63. The van der Waals surface area contributed by atoms with E-state index in [1.807, 2.05) is 0 Å². The molecule has 0 aliphatic carbocycles. The molecule has 3 heterocycles. The van der Waals surface area contributed by atoms with Crippen LogP contribution in [0.15, 0.2) is 0 Å². The topological polar surface area (TPSA) is 27.7 Å². The summed E-state index contributed by atoms with van der Waals surface area (Å²) in [4.78, 5) is 0. The van der Waals surface area contributed by atoms with E-state index in [1.165, 1.54) is 0 Å². The van der Waals surface area contributed by atoms with Crippen LogP contribution in [0.2, 0.25) is 0 Å². The number of rotatable bonds is 0. The highest BCUT2D eigenvalue weighted by Gasteiger charge is 2.61. The second kappa shape index (κ2) is 3.90. The van der Waals surface area contributed by atoms with E-state index in [4.69, 9.17) is 13.6 Å². The van der Waals surface area contributed by atoms with Crippen molar-refractivity contribution in [1.82, 2.24) is 0 Å². The Morgan fingerprint density at radius 2 is 1.35 bits per heavy atom. The molecule has 2 bridgehead atoms. The standard InChI is InChI=1S/C13H25O3P/c1-11(2,3)9-13(7)8-14-17(15-9)16-10(13)12(4,5)6/h9-10H,8H2,1-7H3. The van der Waals surface area contributed by atoms with Gasteiger partial charge in [-0.25, -0.2) is 0 Å². The van der Waals surface area contributed by atoms with Crippen molar-refractivity contribution < 1.29 is 13.6 Å². The van der Waals surface area contributed by atoms with Crippen LogP contribution >= 0.6 is 8.60 Å². The fourth-order valence-electron chi connectivity index (χ4n) is 3.27. The smallest absolute Gasteiger partial charge is 0.311 e. The fourth-order valence-corrected chi connectivity index (χ4v) is 5.29. The highest BCUT2D eigenvalue weighted by molar-refractivity contribution is 7.41. The van der Waals surface area contributed by atoms with E-state index in [0.29, 0.717) is 0 Å². The van der Waals surface area contributed by atoms with Gasteiger partial charge in [-0.15, -0.1) is 0 Å². The van der Waals surface area contributed by atoms with Crippen molar-refractivity contribution in [3.05, 3.63) is 0 Å². The van der Waals surface area contributed by atoms with Gasteiger partial charge in [0.15, 0.2) is 0 Å². The van der Waals surface area contributed by atoms with Gasteiger partial charge in [0.25, 0.3) is 0 Å². The second-order valence-electron chi connectivity index (χ2n) is 7.71. The number of fused-ring (bicyclic) bond motifs is 3. The first-order valence-corrected chi connectivity index (χ1v) is 7.41. The predicted molar refractivity (Wildman–Crippen MR) is 69.6 cm³/mol. The van der Waals surface area contributed by atoms with E-state index in [1.54, 1.807) is 0 Å². The van der Waals surface area contributed by atoms with Gasteiger partial charge >= 0.3 is 8.60 Å². The van der Waals surface area contributed by atoms with E-state index in [0.717, 1.165) is 6.61 Å². The minimum atomic E-state index is -1.14. The lowest BCUT2D eigenvalue weighted by atomic mass is 9.63. The summed E-state index contributed by atoms with van der Waals surface area (Å²) in [6.07, 6.45) is 0.403. The zero-order valence-corrected chi connectivity index (χ0v) is 12.9. The van der Waals surface area contributed by atoms with Gasteiger partial charge in [-0.3, -0.25) is 0 Å². The van der Waals surface area contributed by atoms with Crippen molar-refractivity contribution in [3.63, 3.8) is 0 Å². The van der Waals surface area contributed by atoms with E-state index in [9.17, 15) is 0 Å². The average molecular weight is 260 g/mol. The molecule has 0 spiro atoms. The highest BCUT2D eigenvalue weighted by Crippen LogP contribution is 2.65. The van der Waals surface area contributed by atoms with Crippen LogP contribution in [-0.4, -0.2) is 18.8 Å². The third kappa shape index (κ3) is 2.28. The molecule has 0 saturated carbocycles. The van der Waals surface area contributed by atoms with Gasteiger partial charge in [0.2, 0.25) is 0 Å². The maximum atomic E-state index is 6.00. The van der Waals surface area contributed by atoms with Crippen LogP contribution in [0.25, 0.3) is 0 Å². The van der Waals surface area contributed by atoms with Crippen molar-refractivity contribution in [2.24, 2.45) is 16.2 Å². The van der Waals surface area contributed by atoms with Crippen molar-refractivity contribution in [2.75, 3.05) is 6.61 Å². The molecule has 0 aromatic rings. The molecular weight excluding hydrogens is 235 g/mol. The molecule has 2 atom stereocenters. The van der Waals surface area contributed by atoms with Crippen LogP contribution in [-0.2, 0) is 13.6 Å². The van der Waals surface area contributed by atoms with Crippen LogP contribution in [0.5, 0.6) is 0 Å². The normalized spacial score (nSPS) is 42.9. The van der Waals surface area contributed by atoms with Crippen LogP contribution in [0.3, 0.4) is 0 Å². The highest BCUT2D eigenvalue weighted by atomic mass is 31.2. The summed E-state index contributed by atoms with van der Waals surface area (Å²) in [6, 6.07) is 0. The van der Waals surface area contributed by atoms with Gasteiger partial charge in [0.05, 0.1) is 18.8 Å². The molecule has 100 valence electrons. The average Bonchev–Trinajstić information content (AvgIpc) is 2.13. The van der Waals surface area contributed by atoms with Crippen LogP contribution in [0.4, 0.5) is 0 Å². The molecule has 3 nitrogen and oxygen atoms in total. The summed E-state index contributed by atoms with van der Waals surface area (Å²) in [6.45, 7) is 16.4. The Hall–Kier alpha value is 0.310. The Morgan fingerprint density at radius 1 is 0.941 bits per heavy atom. The molecule has 3 fully saturated rings.